The summed E-state index contributed by atoms with van der Waals surface area (Å²) in [7, 11) is 3.29. The van der Waals surface area contributed by atoms with Crippen molar-refractivity contribution in [1.82, 2.24) is 9.97 Å². The average Bonchev–Trinajstić information content (AvgIpc) is 3.18. The number of benzene rings is 2. The summed E-state index contributed by atoms with van der Waals surface area (Å²) in [5.41, 5.74) is 3.76. The van der Waals surface area contributed by atoms with Gasteiger partial charge in [0.2, 0.25) is 5.95 Å². The summed E-state index contributed by atoms with van der Waals surface area (Å²) >= 11 is 0. The summed E-state index contributed by atoms with van der Waals surface area (Å²) < 4.78 is 10.7. The molecular weight excluding hydrogens is 352 g/mol. The molecule has 0 aliphatic carbocycles. The van der Waals surface area contributed by atoms with Gasteiger partial charge in [-0.05, 0) is 48.2 Å². The number of nitrogens with zero attached hydrogens (tertiary/aromatic N) is 3. The maximum Gasteiger partial charge on any atom is 0.224 e. The van der Waals surface area contributed by atoms with Crippen LogP contribution >= 0.6 is 0 Å². The van der Waals surface area contributed by atoms with Gasteiger partial charge in [0.05, 0.1) is 14.2 Å². The SMILES string of the molecule is COc1ccc(CCNc2nccc(N3CCc4ccccc43)n2)cc1OC. The van der Waals surface area contributed by atoms with Crippen LogP contribution in [0.1, 0.15) is 11.1 Å². The molecule has 0 unspecified atom stereocenters. The highest BCUT2D eigenvalue weighted by atomic mass is 16.5. The molecule has 6 nitrogen and oxygen atoms in total. The highest BCUT2D eigenvalue weighted by Crippen LogP contribution is 2.33. The topological polar surface area (TPSA) is 59.5 Å². The fourth-order valence-corrected chi connectivity index (χ4v) is 3.52. The van der Waals surface area contributed by atoms with Crippen molar-refractivity contribution in [2.75, 3.05) is 37.5 Å². The Morgan fingerprint density at radius 1 is 1.04 bits per heavy atom. The first kappa shape index (κ1) is 18.1. The summed E-state index contributed by atoms with van der Waals surface area (Å²) in [6.45, 7) is 1.68. The van der Waals surface area contributed by atoms with Crippen LogP contribution in [0.4, 0.5) is 17.5 Å². The predicted molar refractivity (Wildman–Crippen MR) is 111 cm³/mol. The van der Waals surface area contributed by atoms with E-state index in [-0.39, 0.29) is 0 Å². The molecule has 144 valence electrons. The standard InChI is InChI=1S/C22H24N4O2/c1-27-19-8-7-16(15-20(19)28-2)9-12-23-22-24-13-10-21(25-22)26-14-11-17-5-3-4-6-18(17)26/h3-8,10,13,15H,9,11-12,14H2,1-2H3,(H,23,24,25). The second-order valence-electron chi connectivity index (χ2n) is 6.63. The molecule has 0 saturated carbocycles. The Morgan fingerprint density at radius 3 is 2.75 bits per heavy atom. The Balaban J connectivity index is 1.41. The van der Waals surface area contributed by atoms with Crippen LogP contribution in [0.15, 0.2) is 54.7 Å². The van der Waals surface area contributed by atoms with Crippen LogP contribution < -0.4 is 19.7 Å². The molecule has 4 rings (SSSR count). The van der Waals surface area contributed by atoms with Crippen LogP contribution in [0.3, 0.4) is 0 Å². The molecule has 0 bridgehead atoms. The van der Waals surface area contributed by atoms with Crippen molar-refractivity contribution < 1.29 is 9.47 Å². The molecule has 2 aromatic carbocycles. The number of fused-ring (bicyclic) bond motifs is 1. The molecule has 2 heterocycles. The molecule has 1 aliphatic heterocycles. The van der Waals surface area contributed by atoms with E-state index in [9.17, 15) is 0 Å². The number of methoxy groups -OCH3 is 2. The number of para-hydroxylation sites is 1. The summed E-state index contributed by atoms with van der Waals surface area (Å²) in [5, 5.41) is 3.33. The molecule has 0 fully saturated rings. The second-order valence-corrected chi connectivity index (χ2v) is 6.63. The van der Waals surface area contributed by atoms with Crippen molar-refractivity contribution in [2.24, 2.45) is 0 Å². The third kappa shape index (κ3) is 3.71. The van der Waals surface area contributed by atoms with Crippen LogP contribution in [0.5, 0.6) is 11.5 Å². The quantitative estimate of drug-likeness (QED) is 0.676. The van der Waals surface area contributed by atoms with E-state index in [1.165, 1.54) is 11.3 Å². The minimum Gasteiger partial charge on any atom is -0.493 e. The zero-order valence-corrected chi connectivity index (χ0v) is 16.2. The lowest BCUT2D eigenvalue weighted by Crippen LogP contribution is -2.16. The summed E-state index contributed by atoms with van der Waals surface area (Å²) in [6, 6.07) is 16.4. The van der Waals surface area contributed by atoms with Crippen molar-refractivity contribution >= 4 is 17.5 Å². The maximum atomic E-state index is 5.37. The van der Waals surface area contributed by atoms with Gasteiger partial charge in [-0.3, -0.25) is 0 Å². The number of hydrogen-bond acceptors (Lipinski definition) is 6. The minimum atomic E-state index is 0.641. The molecule has 0 amide bonds. The second kappa shape index (κ2) is 8.17. The van der Waals surface area contributed by atoms with Crippen molar-refractivity contribution in [3.05, 3.63) is 65.9 Å². The number of rotatable bonds is 7. The van der Waals surface area contributed by atoms with Gasteiger partial charge in [-0.1, -0.05) is 24.3 Å². The third-order valence-electron chi connectivity index (χ3n) is 4.95. The van der Waals surface area contributed by atoms with E-state index >= 15 is 0 Å². The fraction of sp³-hybridized carbons (Fsp3) is 0.273. The monoisotopic (exact) mass is 376 g/mol. The van der Waals surface area contributed by atoms with Gasteiger partial charge in [-0.2, -0.15) is 4.98 Å². The zero-order valence-electron chi connectivity index (χ0n) is 16.2. The third-order valence-corrected chi connectivity index (χ3v) is 4.95. The fourth-order valence-electron chi connectivity index (χ4n) is 3.52. The number of nitrogens with one attached hydrogen (secondary N) is 1. The van der Waals surface area contributed by atoms with E-state index in [1.54, 1.807) is 14.2 Å². The van der Waals surface area contributed by atoms with Gasteiger partial charge in [-0.25, -0.2) is 4.98 Å². The van der Waals surface area contributed by atoms with Crippen LogP contribution in [0, 0.1) is 0 Å². The molecule has 1 N–H and O–H groups in total. The number of hydrogen-bond donors (Lipinski definition) is 1. The Bertz CT molecular complexity index is 961. The molecule has 1 aromatic heterocycles. The van der Waals surface area contributed by atoms with Crippen LogP contribution in [-0.2, 0) is 12.8 Å². The van der Waals surface area contributed by atoms with Gasteiger partial charge in [0.25, 0.3) is 0 Å². The maximum absolute atomic E-state index is 5.37. The van der Waals surface area contributed by atoms with Gasteiger partial charge in [0.1, 0.15) is 5.82 Å². The molecule has 28 heavy (non-hydrogen) atoms. The molecule has 6 heteroatoms. The largest absolute Gasteiger partial charge is 0.493 e. The normalized spacial score (nSPS) is 12.6. The molecule has 0 spiro atoms. The van der Waals surface area contributed by atoms with E-state index in [1.807, 2.05) is 30.5 Å². The van der Waals surface area contributed by atoms with Crippen molar-refractivity contribution in [1.29, 1.82) is 0 Å². The van der Waals surface area contributed by atoms with Crippen LogP contribution in [0.25, 0.3) is 0 Å². The lowest BCUT2D eigenvalue weighted by atomic mass is 10.1. The summed E-state index contributed by atoms with van der Waals surface area (Å²) in [6.07, 6.45) is 3.69. The van der Waals surface area contributed by atoms with E-state index in [0.717, 1.165) is 48.8 Å². The van der Waals surface area contributed by atoms with Crippen LogP contribution in [0.2, 0.25) is 0 Å². The first-order valence-corrected chi connectivity index (χ1v) is 9.42. The van der Waals surface area contributed by atoms with Crippen LogP contribution in [-0.4, -0.2) is 37.3 Å². The number of aromatic nitrogens is 2. The van der Waals surface area contributed by atoms with Crippen molar-refractivity contribution in [3.63, 3.8) is 0 Å². The van der Waals surface area contributed by atoms with E-state index in [2.05, 4.69) is 39.5 Å². The zero-order chi connectivity index (χ0) is 19.3. The lowest BCUT2D eigenvalue weighted by Gasteiger charge is -2.18. The van der Waals surface area contributed by atoms with Gasteiger partial charge in [0.15, 0.2) is 11.5 Å². The Kier molecular flexibility index (Phi) is 5.28. The van der Waals surface area contributed by atoms with Gasteiger partial charge in [0, 0.05) is 25.0 Å². The van der Waals surface area contributed by atoms with Crippen molar-refractivity contribution in [3.8, 4) is 11.5 Å². The smallest absolute Gasteiger partial charge is 0.224 e. The van der Waals surface area contributed by atoms with Crippen molar-refractivity contribution in [2.45, 2.75) is 12.8 Å². The molecule has 0 radical (unpaired) electrons. The molecule has 0 saturated heterocycles. The average molecular weight is 376 g/mol. The predicted octanol–water partition coefficient (Wildman–Crippen LogP) is 3.84. The van der Waals surface area contributed by atoms with Gasteiger partial charge in [-0.15, -0.1) is 0 Å². The highest BCUT2D eigenvalue weighted by Gasteiger charge is 2.20. The first-order valence-electron chi connectivity index (χ1n) is 9.42. The number of anilines is 3. The summed E-state index contributed by atoms with van der Waals surface area (Å²) in [5.74, 6) is 3.04. The van der Waals surface area contributed by atoms with E-state index in [4.69, 9.17) is 14.5 Å². The first-order chi connectivity index (χ1) is 13.8. The highest BCUT2D eigenvalue weighted by molar-refractivity contribution is 5.67. The summed E-state index contributed by atoms with van der Waals surface area (Å²) in [4.78, 5) is 11.3. The molecule has 1 aliphatic rings. The van der Waals surface area contributed by atoms with E-state index < -0.39 is 0 Å². The van der Waals surface area contributed by atoms with Gasteiger partial charge < -0.3 is 19.7 Å². The Labute approximate surface area is 165 Å². The minimum absolute atomic E-state index is 0.641. The Hall–Kier alpha value is -3.28. The molecule has 3 aromatic rings. The molecular formula is C22H24N4O2. The van der Waals surface area contributed by atoms with Gasteiger partial charge >= 0.3 is 0 Å². The lowest BCUT2D eigenvalue weighted by molar-refractivity contribution is 0.354. The number of ether oxygens (including phenoxy) is 2. The Morgan fingerprint density at radius 2 is 1.89 bits per heavy atom. The molecule has 0 atom stereocenters. The van der Waals surface area contributed by atoms with E-state index in [0.29, 0.717) is 5.95 Å².